The van der Waals surface area contributed by atoms with Crippen molar-refractivity contribution in [1.29, 1.82) is 0 Å². The number of nitrogens with one attached hydrogen (secondary N) is 1. The van der Waals surface area contributed by atoms with Crippen LogP contribution in [0.5, 0.6) is 0 Å². The van der Waals surface area contributed by atoms with Crippen LogP contribution >= 0.6 is 11.6 Å². The van der Waals surface area contributed by atoms with Crippen molar-refractivity contribution < 1.29 is 9.90 Å². The molecule has 6 N–H and O–H groups in total. The van der Waals surface area contributed by atoms with Gasteiger partial charge in [-0.3, -0.25) is 4.79 Å². The predicted molar refractivity (Wildman–Crippen MR) is 97.0 cm³/mol. The molecule has 0 aliphatic carbocycles. The molecule has 7 heteroatoms. The van der Waals surface area contributed by atoms with Crippen molar-refractivity contribution in [2.75, 3.05) is 31.9 Å². The van der Waals surface area contributed by atoms with Crippen LogP contribution < -0.4 is 16.8 Å². The van der Waals surface area contributed by atoms with Crippen LogP contribution in [0.2, 0.25) is 5.02 Å². The van der Waals surface area contributed by atoms with E-state index in [2.05, 4.69) is 5.32 Å². The first-order valence-electron chi connectivity index (χ1n) is 8.37. The Morgan fingerprint density at radius 2 is 2.12 bits per heavy atom. The first-order valence-corrected chi connectivity index (χ1v) is 8.75. The summed E-state index contributed by atoms with van der Waals surface area (Å²) in [5.74, 6) is -0.224. The van der Waals surface area contributed by atoms with E-state index in [9.17, 15) is 9.90 Å². The maximum atomic E-state index is 12.4. The van der Waals surface area contributed by atoms with Crippen molar-refractivity contribution in [2.24, 2.45) is 5.73 Å². The molecule has 1 amide bonds. The van der Waals surface area contributed by atoms with Gasteiger partial charge in [0.15, 0.2) is 0 Å². The third kappa shape index (κ3) is 4.83. The zero-order valence-electron chi connectivity index (χ0n) is 14.1. The summed E-state index contributed by atoms with van der Waals surface area (Å²) < 4.78 is 0. The fraction of sp³-hybridized carbons (Fsp3) is 0.588. The first kappa shape index (κ1) is 19.0. The maximum absolute atomic E-state index is 12.4. The third-order valence-electron chi connectivity index (χ3n) is 4.49. The summed E-state index contributed by atoms with van der Waals surface area (Å²) >= 11 is 6.07. The van der Waals surface area contributed by atoms with Gasteiger partial charge in [0.2, 0.25) is 0 Å². The van der Waals surface area contributed by atoms with Gasteiger partial charge in [0.1, 0.15) is 6.10 Å². The number of carbonyl (C=O) groups excluding carboxylic acids is 1. The van der Waals surface area contributed by atoms with Crippen LogP contribution in [0.25, 0.3) is 0 Å². The number of nitrogens with two attached hydrogens (primary N) is 2. The van der Waals surface area contributed by atoms with Crippen molar-refractivity contribution in [1.82, 2.24) is 10.2 Å². The normalized spacial score (nSPS) is 17.1. The molecule has 0 bridgehead atoms. The van der Waals surface area contributed by atoms with Crippen molar-refractivity contribution in [3.8, 4) is 0 Å². The lowest BCUT2D eigenvalue weighted by Crippen LogP contribution is -2.49. The van der Waals surface area contributed by atoms with Gasteiger partial charge in [0.25, 0.3) is 5.91 Å². The number of amides is 1. The smallest absolute Gasteiger partial charge is 0.251 e. The van der Waals surface area contributed by atoms with Gasteiger partial charge in [-0.25, -0.2) is 0 Å². The fourth-order valence-corrected chi connectivity index (χ4v) is 3.35. The van der Waals surface area contributed by atoms with E-state index in [1.165, 1.54) is 0 Å². The lowest BCUT2D eigenvalue weighted by atomic mass is 10.0. The van der Waals surface area contributed by atoms with E-state index in [4.69, 9.17) is 23.1 Å². The molecule has 0 radical (unpaired) electrons. The number of aliphatic hydroxyl groups excluding tert-OH is 1. The molecule has 0 saturated carbocycles. The summed E-state index contributed by atoms with van der Waals surface area (Å²) in [5.41, 5.74) is 13.5. The highest BCUT2D eigenvalue weighted by Gasteiger charge is 2.27. The number of benzene rings is 1. The molecule has 0 unspecified atom stereocenters. The molecular weight excluding hydrogens is 328 g/mol. The minimum Gasteiger partial charge on any atom is -0.397 e. The van der Waals surface area contributed by atoms with Crippen molar-refractivity contribution >= 4 is 23.2 Å². The van der Waals surface area contributed by atoms with Gasteiger partial charge in [-0.2, -0.15) is 0 Å². The zero-order chi connectivity index (χ0) is 17.7. The number of rotatable bonds is 6. The number of anilines is 1. The summed E-state index contributed by atoms with van der Waals surface area (Å²) in [6.45, 7) is 4.57. The van der Waals surface area contributed by atoms with Gasteiger partial charge in [0.05, 0.1) is 10.7 Å². The molecule has 1 fully saturated rings. The SMILES string of the molecule is Cc1cc(C[C@@H](O)C(=O)N2CCC(NCCN)CC2)cc(Cl)c1N. The Morgan fingerprint density at radius 1 is 1.46 bits per heavy atom. The number of nitrogens with zero attached hydrogens (tertiary/aromatic N) is 1. The van der Waals surface area contributed by atoms with Crippen molar-refractivity contribution in [2.45, 2.75) is 38.3 Å². The van der Waals surface area contributed by atoms with Crippen molar-refractivity contribution in [3.05, 3.63) is 28.3 Å². The number of carbonyl (C=O) groups is 1. The number of halogens is 1. The van der Waals surface area contributed by atoms with E-state index >= 15 is 0 Å². The summed E-state index contributed by atoms with van der Waals surface area (Å²) in [6, 6.07) is 3.97. The number of nitrogen functional groups attached to an aromatic ring is 1. The Balaban J connectivity index is 1.89. The van der Waals surface area contributed by atoms with E-state index in [1.807, 2.05) is 13.0 Å². The minimum atomic E-state index is -1.06. The number of piperidine rings is 1. The summed E-state index contributed by atoms with van der Waals surface area (Å²) in [6.07, 6.45) is 0.944. The van der Waals surface area contributed by atoms with Crippen LogP contribution in [0.15, 0.2) is 12.1 Å². The molecule has 1 aliphatic rings. The number of hydrogen-bond acceptors (Lipinski definition) is 5. The second-order valence-electron chi connectivity index (χ2n) is 6.37. The quantitative estimate of drug-likeness (QED) is 0.562. The molecule has 0 spiro atoms. The van der Waals surface area contributed by atoms with Gasteiger partial charge < -0.3 is 26.8 Å². The van der Waals surface area contributed by atoms with E-state index in [0.717, 1.165) is 30.5 Å². The van der Waals surface area contributed by atoms with Gasteiger partial charge >= 0.3 is 0 Å². The van der Waals surface area contributed by atoms with E-state index in [1.54, 1.807) is 11.0 Å². The van der Waals surface area contributed by atoms with Crippen LogP contribution in [0.1, 0.15) is 24.0 Å². The van der Waals surface area contributed by atoms with E-state index < -0.39 is 6.10 Å². The predicted octanol–water partition coefficient (Wildman–Crippen LogP) is 0.673. The van der Waals surface area contributed by atoms with E-state index in [-0.39, 0.29) is 12.3 Å². The molecule has 1 aromatic rings. The van der Waals surface area contributed by atoms with Gasteiger partial charge in [0, 0.05) is 38.6 Å². The number of hydrogen-bond donors (Lipinski definition) is 4. The Bertz CT molecular complexity index is 551. The van der Waals surface area contributed by atoms with Gasteiger partial charge in [-0.1, -0.05) is 17.7 Å². The molecule has 24 heavy (non-hydrogen) atoms. The Labute approximate surface area is 148 Å². The first-order chi connectivity index (χ1) is 11.4. The Kier molecular flexibility index (Phi) is 6.86. The standard InChI is InChI=1S/C17H27ClN4O2/c1-11-8-12(9-14(18)16(11)20)10-15(23)17(24)22-6-2-13(3-7-22)21-5-4-19/h8-9,13,15,21,23H,2-7,10,19-20H2,1H3/t15-/m1/s1. The summed E-state index contributed by atoms with van der Waals surface area (Å²) in [7, 11) is 0. The van der Waals surface area contributed by atoms with Crippen molar-refractivity contribution in [3.63, 3.8) is 0 Å². The second kappa shape index (κ2) is 8.67. The highest BCUT2D eigenvalue weighted by molar-refractivity contribution is 6.33. The van der Waals surface area contributed by atoms with Crippen LogP contribution in [-0.4, -0.2) is 54.2 Å². The van der Waals surface area contributed by atoms with Gasteiger partial charge in [-0.15, -0.1) is 0 Å². The molecule has 2 rings (SSSR count). The topological polar surface area (TPSA) is 105 Å². The van der Waals surface area contributed by atoms with E-state index in [0.29, 0.717) is 36.4 Å². The molecule has 1 heterocycles. The Hall–Kier alpha value is -1.34. The molecule has 1 atom stereocenters. The Morgan fingerprint density at radius 3 is 2.71 bits per heavy atom. The van der Waals surface area contributed by atoms with Crippen LogP contribution in [0.3, 0.4) is 0 Å². The zero-order valence-corrected chi connectivity index (χ0v) is 14.9. The average molecular weight is 355 g/mol. The minimum absolute atomic E-state index is 0.224. The highest BCUT2D eigenvalue weighted by Crippen LogP contribution is 2.25. The largest absolute Gasteiger partial charge is 0.397 e. The number of aryl methyl sites for hydroxylation is 1. The summed E-state index contributed by atoms with van der Waals surface area (Å²) in [5, 5.41) is 14.1. The molecule has 1 aromatic carbocycles. The average Bonchev–Trinajstić information content (AvgIpc) is 2.57. The van der Waals surface area contributed by atoms with Crippen LogP contribution in [0, 0.1) is 6.92 Å². The van der Waals surface area contributed by atoms with Crippen LogP contribution in [-0.2, 0) is 11.2 Å². The molecule has 0 aromatic heterocycles. The molecular formula is C17H27ClN4O2. The lowest BCUT2D eigenvalue weighted by molar-refractivity contribution is -0.141. The van der Waals surface area contributed by atoms with Gasteiger partial charge in [-0.05, 0) is 37.0 Å². The monoisotopic (exact) mass is 354 g/mol. The second-order valence-corrected chi connectivity index (χ2v) is 6.78. The number of likely N-dealkylation sites (tertiary alicyclic amines) is 1. The highest BCUT2D eigenvalue weighted by atomic mass is 35.5. The maximum Gasteiger partial charge on any atom is 0.251 e. The molecule has 6 nitrogen and oxygen atoms in total. The number of aliphatic hydroxyl groups is 1. The third-order valence-corrected chi connectivity index (χ3v) is 4.81. The van der Waals surface area contributed by atoms with Crippen LogP contribution in [0.4, 0.5) is 5.69 Å². The fourth-order valence-electron chi connectivity index (χ4n) is 3.06. The molecule has 134 valence electrons. The molecule has 1 saturated heterocycles. The summed E-state index contributed by atoms with van der Waals surface area (Å²) in [4.78, 5) is 14.2. The molecule has 1 aliphatic heterocycles. The lowest BCUT2D eigenvalue weighted by Gasteiger charge is -2.33.